The third kappa shape index (κ3) is 3.93. The van der Waals surface area contributed by atoms with E-state index in [2.05, 4.69) is 21.2 Å². The lowest BCUT2D eigenvalue weighted by molar-refractivity contribution is -0.184. The number of nitrogens with zero attached hydrogens (tertiary/aromatic N) is 1. The van der Waals surface area contributed by atoms with Crippen LogP contribution in [0.2, 0.25) is 0 Å². The predicted molar refractivity (Wildman–Crippen MR) is 81.0 cm³/mol. The van der Waals surface area contributed by atoms with Crippen molar-refractivity contribution in [3.8, 4) is 0 Å². The van der Waals surface area contributed by atoms with Crippen molar-refractivity contribution in [2.75, 3.05) is 11.9 Å². The molecule has 112 valence electrons. The van der Waals surface area contributed by atoms with Gasteiger partial charge in [-0.2, -0.15) is 0 Å². The maximum atomic E-state index is 10.1. The first kappa shape index (κ1) is 15.7. The molecule has 0 amide bonds. The van der Waals surface area contributed by atoms with E-state index < -0.39 is 18.2 Å². The van der Waals surface area contributed by atoms with Gasteiger partial charge in [-0.25, -0.2) is 0 Å². The Bertz CT molecular complexity index is 476. The number of hydrogen-bond acceptors (Lipinski definition) is 5. The predicted octanol–water partition coefficient (Wildman–Crippen LogP) is 2.09. The van der Waals surface area contributed by atoms with Crippen LogP contribution in [0.25, 0.3) is 0 Å². The molecule has 0 fully saturated rings. The largest absolute Gasteiger partial charge is 0.367 e. The third-order valence-corrected chi connectivity index (χ3v) is 3.73. The van der Waals surface area contributed by atoms with Gasteiger partial charge in [-0.3, -0.25) is 4.90 Å². The highest BCUT2D eigenvalue weighted by Crippen LogP contribution is 2.30. The second-order valence-corrected chi connectivity index (χ2v) is 6.75. The van der Waals surface area contributed by atoms with E-state index in [-0.39, 0.29) is 6.54 Å². The van der Waals surface area contributed by atoms with Gasteiger partial charge in [0.05, 0.1) is 12.1 Å². The Balaban J connectivity index is 2.06. The number of nitrogens with one attached hydrogen (secondary N) is 1. The first-order valence-electron chi connectivity index (χ1n) is 6.58. The van der Waals surface area contributed by atoms with Gasteiger partial charge in [0.25, 0.3) is 0 Å². The zero-order chi connectivity index (χ0) is 14.9. The number of hydrogen-bond donors (Lipinski definition) is 3. The third-order valence-electron chi connectivity index (χ3n) is 2.99. The molecule has 1 aliphatic rings. The summed E-state index contributed by atoms with van der Waals surface area (Å²) in [5, 5.41) is 23.0. The van der Waals surface area contributed by atoms with Crippen LogP contribution < -0.4 is 5.32 Å². The summed E-state index contributed by atoms with van der Waals surface area (Å²) >= 11 is 3.50. The Morgan fingerprint density at radius 1 is 1.50 bits per heavy atom. The summed E-state index contributed by atoms with van der Waals surface area (Å²) in [6.07, 6.45) is -1.79. The molecule has 2 rings (SSSR count). The van der Waals surface area contributed by atoms with Gasteiger partial charge in [0.15, 0.2) is 12.6 Å². The summed E-state index contributed by atoms with van der Waals surface area (Å²) in [7, 11) is 0. The topological polar surface area (TPSA) is 65.0 Å². The van der Waals surface area contributed by atoms with Gasteiger partial charge in [-0.15, -0.1) is 0 Å². The van der Waals surface area contributed by atoms with Crippen LogP contribution in [0.5, 0.6) is 0 Å². The van der Waals surface area contributed by atoms with E-state index in [1.165, 1.54) is 0 Å². The second kappa shape index (κ2) is 5.99. The summed E-state index contributed by atoms with van der Waals surface area (Å²) in [4.78, 5) is 1.73. The zero-order valence-electron chi connectivity index (χ0n) is 11.9. The molecule has 1 aromatic carbocycles. The van der Waals surface area contributed by atoms with Gasteiger partial charge in [0, 0.05) is 22.3 Å². The molecule has 0 radical (unpaired) electrons. The highest BCUT2D eigenvalue weighted by molar-refractivity contribution is 9.10. The van der Waals surface area contributed by atoms with Crippen molar-refractivity contribution in [3.63, 3.8) is 0 Å². The van der Waals surface area contributed by atoms with E-state index in [9.17, 15) is 10.2 Å². The molecule has 1 aliphatic heterocycles. The van der Waals surface area contributed by atoms with Crippen molar-refractivity contribution in [3.05, 3.63) is 28.2 Å². The van der Waals surface area contributed by atoms with Gasteiger partial charge in [-0.1, -0.05) is 22.0 Å². The molecule has 0 aromatic heterocycles. The van der Waals surface area contributed by atoms with Gasteiger partial charge in [0.1, 0.15) is 0 Å². The van der Waals surface area contributed by atoms with Crippen LogP contribution >= 0.6 is 15.9 Å². The van der Waals surface area contributed by atoms with Gasteiger partial charge < -0.3 is 20.3 Å². The lowest BCUT2D eigenvalue weighted by atomic mass is 10.1. The average molecular weight is 345 g/mol. The quantitative estimate of drug-likeness (QED) is 0.732. The lowest BCUT2D eigenvalue weighted by Crippen LogP contribution is -2.48. The molecule has 0 saturated carbocycles. The number of ether oxygens (including phenoxy) is 1. The highest BCUT2D eigenvalue weighted by atomic mass is 79.9. The molecule has 0 saturated heterocycles. The zero-order valence-corrected chi connectivity index (χ0v) is 13.5. The molecule has 2 atom stereocenters. The Kier molecular flexibility index (Phi) is 4.71. The van der Waals surface area contributed by atoms with Crippen LogP contribution in [0.15, 0.2) is 22.7 Å². The second-order valence-electron chi connectivity index (χ2n) is 5.90. The van der Waals surface area contributed by atoms with Crippen molar-refractivity contribution < 1.29 is 14.9 Å². The Hall–Kier alpha value is -0.660. The number of rotatable bonds is 3. The van der Waals surface area contributed by atoms with E-state index in [1.807, 2.05) is 39.0 Å². The van der Waals surface area contributed by atoms with Crippen molar-refractivity contribution in [2.24, 2.45) is 0 Å². The van der Waals surface area contributed by atoms with Crippen LogP contribution in [0, 0.1) is 0 Å². The van der Waals surface area contributed by atoms with E-state index in [1.54, 1.807) is 4.90 Å². The number of halogens is 1. The number of anilines is 1. The molecule has 6 heteroatoms. The van der Waals surface area contributed by atoms with E-state index >= 15 is 0 Å². The maximum absolute atomic E-state index is 10.1. The first-order valence-corrected chi connectivity index (χ1v) is 7.37. The first-order chi connectivity index (χ1) is 9.26. The Morgan fingerprint density at radius 3 is 2.85 bits per heavy atom. The van der Waals surface area contributed by atoms with Gasteiger partial charge in [0.2, 0.25) is 0 Å². The SMILES string of the molecule is CC(C)(C)OC(O)CN1Cc2c(Br)cccc2NC1O. The Morgan fingerprint density at radius 2 is 2.20 bits per heavy atom. The van der Waals surface area contributed by atoms with Crippen LogP contribution in [0.4, 0.5) is 5.69 Å². The number of benzene rings is 1. The molecular formula is C14H21BrN2O3. The van der Waals surface area contributed by atoms with Crippen LogP contribution in [0.1, 0.15) is 26.3 Å². The van der Waals surface area contributed by atoms with Crippen molar-refractivity contribution in [2.45, 2.75) is 45.6 Å². The molecule has 0 spiro atoms. The number of fused-ring (bicyclic) bond motifs is 1. The molecule has 1 heterocycles. The fourth-order valence-corrected chi connectivity index (χ4v) is 2.68. The minimum atomic E-state index is -0.949. The van der Waals surface area contributed by atoms with Crippen molar-refractivity contribution >= 4 is 21.6 Å². The average Bonchev–Trinajstić information content (AvgIpc) is 2.29. The van der Waals surface area contributed by atoms with E-state index in [0.717, 1.165) is 15.7 Å². The van der Waals surface area contributed by atoms with Crippen molar-refractivity contribution in [1.82, 2.24) is 4.90 Å². The molecule has 2 unspecified atom stereocenters. The smallest absolute Gasteiger partial charge is 0.184 e. The number of aliphatic hydroxyl groups excluding tert-OH is 2. The maximum Gasteiger partial charge on any atom is 0.184 e. The molecule has 1 aromatic rings. The molecular weight excluding hydrogens is 324 g/mol. The lowest BCUT2D eigenvalue weighted by Gasteiger charge is -2.37. The number of aliphatic hydroxyl groups is 2. The summed E-state index contributed by atoms with van der Waals surface area (Å²) < 4.78 is 6.45. The van der Waals surface area contributed by atoms with Crippen LogP contribution in [-0.2, 0) is 11.3 Å². The standard InChI is InChI=1S/C14H21BrN2O3/c1-14(2,3)20-12(18)8-17-7-9-10(15)5-4-6-11(9)16-13(17)19/h4-6,12-13,16,18-19H,7-8H2,1-3H3. The fraction of sp³-hybridized carbons (Fsp3) is 0.571. The summed E-state index contributed by atoms with van der Waals surface area (Å²) in [5.74, 6) is 0. The van der Waals surface area contributed by atoms with Crippen LogP contribution in [0.3, 0.4) is 0 Å². The summed E-state index contributed by atoms with van der Waals surface area (Å²) in [5.41, 5.74) is 1.53. The van der Waals surface area contributed by atoms with E-state index in [4.69, 9.17) is 4.74 Å². The van der Waals surface area contributed by atoms with Crippen LogP contribution in [-0.4, -0.2) is 39.9 Å². The molecule has 3 N–H and O–H groups in total. The molecule has 0 aliphatic carbocycles. The minimum Gasteiger partial charge on any atom is -0.367 e. The number of β-amino-alcohol motifs (C(OH)–C–C–N with tert-alkyl or cyclic N) is 1. The molecule has 0 bridgehead atoms. The minimum absolute atomic E-state index is 0.228. The van der Waals surface area contributed by atoms with Gasteiger partial charge in [-0.05, 0) is 32.9 Å². The van der Waals surface area contributed by atoms with E-state index in [0.29, 0.717) is 6.54 Å². The monoisotopic (exact) mass is 344 g/mol. The highest BCUT2D eigenvalue weighted by Gasteiger charge is 2.28. The summed E-state index contributed by atoms with van der Waals surface area (Å²) in [6, 6.07) is 5.79. The summed E-state index contributed by atoms with van der Waals surface area (Å²) in [6.45, 7) is 6.41. The Labute approximate surface area is 127 Å². The molecule has 5 nitrogen and oxygen atoms in total. The normalized spacial score (nSPS) is 21.2. The van der Waals surface area contributed by atoms with Gasteiger partial charge >= 0.3 is 0 Å². The fourth-order valence-electron chi connectivity index (χ4n) is 2.18. The molecule has 20 heavy (non-hydrogen) atoms. The van der Waals surface area contributed by atoms with Crippen molar-refractivity contribution in [1.29, 1.82) is 0 Å².